The van der Waals surface area contributed by atoms with Gasteiger partial charge in [-0.2, -0.15) is 0 Å². The summed E-state index contributed by atoms with van der Waals surface area (Å²) in [5.41, 5.74) is 2.70. The minimum absolute atomic E-state index is 0.0784. The molecule has 0 aliphatic heterocycles. The Morgan fingerprint density at radius 2 is 1.73 bits per heavy atom. The molecular formula is C27H34N2O8. The number of amides is 1. The van der Waals surface area contributed by atoms with Gasteiger partial charge in [-0.05, 0) is 37.4 Å². The van der Waals surface area contributed by atoms with Crippen molar-refractivity contribution in [2.24, 2.45) is 29.4 Å². The summed E-state index contributed by atoms with van der Waals surface area (Å²) in [5.74, 6) is -13.0. The first-order valence-electron chi connectivity index (χ1n) is 12.4. The van der Waals surface area contributed by atoms with Crippen molar-refractivity contribution in [1.29, 1.82) is 0 Å². The fourth-order valence-corrected chi connectivity index (χ4v) is 6.73. The van der Waals surface area contributed by atoms with Crippen LogP contribution in [-0.2, 0) is 24.6 Å². The SMILES string of the molecule is CCC(C)(C)c1ccc2c(c1O)C(=O)C1C(=O)C3(O)C(=O)C(C(N)=O)C(=O)C(N(C)C)C3C(O)C1C2C. The van der Waals surface area contributed by atoms with Crippen molar-refractivity contribution in [2.45, 2.75) is 63.2 Å². The zero-order chi connectivity index (χ0) is 27.9. The van der Waals surface area contributed by atoms with E-state index in [1.165, 1.54) is 19.0 Å². The minimum atomic E-state index is -2.99. The Kier molecular flexibility index (Phi) is 6.25. The molecule has 1 amide bonds. The molecule has 2 fully saturated rings. The van der Waals surface area contributed by atoms with Crippen LogP contribution in [0.15, 0.2) is 12.1 Å². The number of phenols is 1. The summed E-state index contributed by atoms with van der Waals surface area (Å²) in [6, 6.07) is 2.04. The van der Waals surface area contributed by atoms with Gasteiger partial charge in [-0.1, -0.05) is 39.8 Å². The smallest absolute Gasteiger partial charge is 0.235 e. The lowest BCUT2D eigenvalue weighted by molar-refractivity contribution is -0.196. The van der Waals surface area contributed by atoms with Crippen molar-refractivity contribution in [1.82, 2.24) is 4.90 Å². The summed E-state index contributed by atoms with van der Waals surface area (Å²) in [4.78, 5) is 67.8. The molecule has 0 heterocycles. The first-order valence-corrected chi connectivity index (χ1v) is 12.4. The molecule has 1 aromatic rings. The molecule has 0 spiro atoms. The summed E-state index contributed by atoms with van der Waals surface area (Å²) >= 11 is 0. The van der Waals surface area contributed by atoms with Crippen LogP contribution >= 0.6 is 0 Å². The second-order valence-electron chi connectivity index (χ2n) is 11.5. The van der Waals surface area contributed by atoms with Gasteiger partial charge in [0.25, 0.3) is 0 Å². The molecule has 0 bridgehead atoms. The van der Waals surface area contributed by atoms with Crippen LogP contribution in [0, 0.1) is 23.7 Å². The number of carbonyl (C=O) groups is 5. The zero-order valence-corrected chi connectivity index (χ0v) is 21.8. The number of aliphatic hydroxyl groups is 2. The summed E-state index contributed by atoms with van der Waals surface area (Å²) in [6.45, 7) is 7.43. The van der Waals surface area contributed by atoms with Gasteiger partial charge in [0.15, 0.2) is 34.7 Å². The van der Waals surface area contributed by atoms with Gasteiger partial charge in [0, 0.05) is 11.5 Å². The van der Waals surface area contributed by atoms with Gasteiger partial charge in [0.2, 0.25) is 5.91 Å². The molecule has 0 radical (unpaired) electrons. The number of nitrogens with two attached hydrogens (primary N) is 1. The van der Waals surface area contributed by atoms with Crippen molar-refractivity contribution in [2.75, 3.05) is 14.1 Å². The van der Waals surface area contributed by atoms with E-state index >= 15 is 0 Å². The number of aliphatic hydroxyl groups excluding tert-OH is 1. The maximum atomic E-state index is 14.0. The van der Waals surface area contributed by atoms with Gasteiger partial charge < -0.3 is 21.1 Å². The van der Waals surface area contributed by atoms with Gasteiger partial charge in [-0.25, -0.2) is 0 Å². The average Bonchev–Trinajstić information content (AvgIpc) is 2.80. The van der Waals surface area contributed by atoms with Crippen molar-refractivity contribution >= 4 is 29.0 Å². The molecule has 0 saturated heterocycles. The largest absolute Gasteiger partial charge is 0.507 e. The Hall–Kier alpha value is -2.95. The van der Waals surface area contributed by atoms with E-state index in [-0.39, 0.29) is 11.3 Å². The first kappa shape index (κ1) is 27.1. The highest BCUT2D eigenvalue weighted by Crippen LogP contribution is 2.55. The van der Waals surface area contributed by atoms with Gasteiger partial charge in [-0.3, -0.25) is 28.9 Å². The zero-order valence-electron chi connectivity index (χ0n) is 21.8. The molecule has 200 valence electrons. The van der Waals surface area contributed by atoms with E-state index in [1.807, 2.05) is 20.8 Å². The number of hydrogen-bond donors (Lipinski definition) is 4. The van der Waals surface area contributed by atoms with Crippen LogP contribution in [0.4, 0.5) is 0 Å². The second-order valence-corrected chi connectivity index (χ2v) is 11.5. The monoisotopic (exact) mass is 514 g/mol. The van der Waals surface area contributed by atoms with Crippen molar-refractivity contribution < 1.29 is 39.3 Å². The van der Waals surface area contributed by atoms with Crippen LogP contribution in [0.3, 0.4) is 0 Å². The van der Waals surface area contributed by atoms with Crippen molar-refractivity contribution in [3.63, 3.8) is 0 Å². The molecule has 4 rings (SSSR count). The van der Waals surface area contributed by atoms with Crippen LogP contribution < -0.4 is 5.73 Å². The molecule has 10 nitrogen and oxygen atoms in total. The lowest BCUT2D eigenvalue weighted by Gasteiger charge is -2.56. The van der Waals surface area contributed by atoms with E-state index in [2.05, 4.69) is 0 Å². The molecule has 1 aromatic carbocycles. The lowest BCUT2D eigenvalue weighted by atomic mass is 9.49. The van der Waals surface area contributed by atoms with E-state index in [4.69, 9.17) is 5.73 Å². The van der Waals surface area contributed by atoms with Crippen LogP contribution in [0.2, 0.25) is 0 Å². The Morgan fingerprint density at radius 3 is 2.24 bits per heavy atom. The van der Waals surface area contributed by atoms with Crippen LogP contribution in [-0.4, -0.2) is 81.1 Å². The summed E-state index contributed by atoms with van der Waals surface area (Å²) < 4.78 is 0. The fourth-order valence-electron chi connectivity index (χ4n) is 6.73. The second kappa shape index (κ2) is 8.54. The quantitative estimate of drug-likeness (QED) is 0.406. The topological polar surface area (TPSA) is 175 Å². The van der Waals surface area contributed by atoms with E-state index in [9.17, 15) is 39.3 Å². The number of rotatable bonds is 4. The molecular weight excluding hydrogens is 480 g/mol. The maximum Gasteiger partial charge on any atom is 0.235 e. The highest BCUT2D eigenvalue weighted by Gasteiger charge is 2.72. The normalized spacial score (nSPS) is 35.8. The Bertz CT molecular complexity index is 1240. The summed E-state index contributed by atoms with van der Waals surface area (Å²) in [5, 5.41) is 34.5. The highest BCUT2D eigenvalue weighted by molar-refractivity contribution is 6.32. The number of ketones is 4. The van der Waals surface area contributed by atoms with Crippen LogP contribution in [0.25, 0.3) is 0 Å². The minimum Gasteiger partial charge on any atom is -0.507 e. The van der Waals surface area contributed by atoms with Crippen LogP contribution in [0.5, 0.6) is 5.75 Å². The third-order valence-electron chi connectivity index (χ3n) is 9.10. The number of carbonyl (C=O) groups excluding carboxylic acids is 5. The standard InChI is InChI=1S/C27H34N2O8/c1-7-26(3,4)12-9-8-11-10(2)13-15(20(31)14(11)19(12)30)23(34)27(37)17(21(13)32)18(29(5)6)22(33)16(24(27)35)25(28)36/h8-10,13,15-18,21,30,32,37H,7H2,1-6H3,(H2,28,36). The third-order valence-corrected chi connectivity index (χ3v) is 9.10. The number of likely N-dealkylation sites (N-methyl/N-ethyl adjacent to an activating group) is 1. The number of primary amides is 1. The molecule has 3 aliphatic carbocycles. The van der Waals surface area contributed by atoms with Gasteiger partial charge in [-0.15, -0.1) is 0 Å². The maximum absolute atomic E-state index is 14.0. The third kappa shape index (κ3) is 3.38. The molecule has 3 aliphatic rings. The molecule has 8 unspecified atom stereocenters. The van der Waals surface area contributed by atoms with E-state index in [1.54, 1.807) is 19.1 Å². The Labute approximate surface area is 214 Å². The van der Waals surface area contributed by atoms with E-state index < -0.39 is 81.8 Å². The van der Waals surface area contributed by atoms with Crippen molar-refractivity contribution in [3.8, 4) is 5.75 Å². The van der Waals surface area contributed by atoms with E-state index in [0.29, 0.717) is 17.5 Å². The first-order chi connectivity index (χ1) is 17.0. The molecule has 2 saturated carbocycles. The highest BCUT2D eigenvalue weighted by atomic mass is 16.3. The number of fused-ring (bicyclic) bond motifs is 3. The molecule has 5 N–H and O–H groups in total. The number of Topliss-reactive ketones (excluding diaryl/α,β-unsaturated/α-hetero) is 4. The number of hydrogen-bond acceptors (Lipinski definition) is 9. The number of nitrogens with zero attached hydrogens (tertiary/aromatic N) is 1. The van der Waals surface area contributed by atoms with Crippen molar-refractivity contribution in [3.05, 3.63) is 28.8 Å². The fraction of sp³-hybridized carbons (Fsp3) is 0.593. The Morgan fingerprint density at radius 1 is 1.14 bits per heavy atom. The molecule has 0 aromatic heterocycles. The summed E-state index contributed by atoms with van der Waals surface area (Å²) in [6.07, 6.45) is -0.986. The van der Waals surface area contributed by atoms with Gasteiger partial charge >= 0.3 is 0 Å². The summed E-state index contributed by atoms with van der Waals surface area (Å²) in [7, 11) is 2.92. The van der Waals surface area contributed by atoms with E-state index in [0.717, 1.165) is 0 Å². The average molecular weight is 515 g/mol. The molecule has 37 heavy (non-hydrogen) atoms. The van der Waals surface area contributed by atoms with Crippen LogP contribution in [0.1, 0.15) is 61.5 Å². The number of benzene rings is 1. The molecule has 10 heteroatoms. The number of phenolic OH excluding ortho intramolecular Hbond substituents is 1. The van der Waals surface area contributed by atoms with Gasteiger partial charge in [0.1, 0.15) is 5.75 Å². The lowest BCUT2D eigenvalue weighted by Crippen LogP contribution is -2.77. The Balaban J connectivity index is 1.95. The van der Waals surface area contributed by atoms with Gasteiger partial charge in [0.05, 0.1) is 29.5 Å². The predicted molar refractivity (Wildman–Crippen MR) is 131 cm³/mol. The predicted octanol–water partition coefficient (Wildman–Crippen LogP) is 0.0864. The molecule has 8 atom stereocenters. The number of aromatic hydroxyl groups is 1.